The van der Waals surface area contributed by atoms with Crippen molar-refractivity contribution in [1.29, 1.82) is 0 Å². The van der Waals surface area contributed by atoms with Crippen LogP contribution in [0.3, 0.4) is 0 Å². The summed E-state index contributed by atoms with van der Waals surface area (Å²) in [6.07, 6.45) is 0.892. The third-order valence-corrected chi connectivity index (χ3v) is 4.04. The van der Waals surface area contributed by atoms with Gasteiger partial charge in [-0.2, -0.15) is 0 Å². The molecule has 2 aromatic rings. The summed E-state index contributed by atoms with van der Waals surface area (Å²) in [5.74, 6) is 0.353. The Labute approximate surface area is 129 Å². The number of nitrogens with one attached hydrogen (secondary N) is 1. The summed E-state index contributed by atoms with van der Waals surface area (Å²) >= 11 is 1.42. The number of thiazole rings is 1. The molecule has 1 atom stereocenters. The van der Waals surface area contributed by atoms with E-state index in [-0.39, 0.29) is 11.9 Å². The lowest BCUT2D eigenvalue weighted by atomic mass is 9.97. The van der Waals surface area contributed by atoms with Crippen LogP contribution in [-0.2, 0) is 6.54 Å². The minimum Gasteiger partial charge on any atom is -0.344 e. The summed E-state index contributed by atoms with van der Waals surface area (Å²) in [7, 11) is 0. The summed E-state index contributed by atoms with van der Waals surface area (Å²) in [4.78, 5) is 16.6. The fourth-order valence-corrected chi connectivity index (χ4v) is 2.83. The molecule has 1 heterocycles. The lowest BCUT2D eigenvalue weighted by Crippen LogP contribution is -2.29. The van der Waals surface area contributed by atoms with E-state index in [9.17, 15) is 4.79 Å². The van der Waals surface area contributed by atoms with Crippen molar-refractivity contribution in [3.63, 3.8) is 0 Å². The van der Waals surface area contributed by atoms with Crippen LogP contribution in [0.1, 0.15) is 47.4 Å². The highest BCUT2D eigenvalue weighted by Gasteiger charge is 2.18. The van der Waals surface area contributed by atoms with Gasteiger partial charge in [-0.1, -0.05) is 44.2 Å². The predicted molar refractivity (Wildman–Crippen MR) is 86.1 cm³/mol. The number of carbonyl (C=O) groups excluding carboxylic acids is 1. The van der Waals surface area contributed by atoms with Crippen LogP contribution in [0.15, 0.2) is 35.7 Å². The predicted octanol–water partition coefficient (Wildman–Crippen LogP) is 3.12. The quantitative estimate of drug-likeness (QED) is 0.861. The molecule has 0 aliphatic heterocycles. The monoisotopic (exact) mass is 303 g/mol. The Bertz CT molecular complexity index is 580. The molecule has 1 unspecified atom stereocenters. The standard InChI is InChI=1S/C16H21N3OS/c1-11(2)8-13(12-6-4-3-5-7-12)19-16(20)14-10-21-15(9-17)18-14/h3-7,10-11,13H,8-9,17H2,1-2H3,(H,19,20). The van der Waals surface area contributed by atoms with Crippen molar-refractivity contribution in [1.82, 2.24) is 10.3 Å². The summed E-state index contributed by atoms with van der Waals surface area (Å²) in [6.45, 7) is 4.67. The van der Waals surface area contributed by atoms with Crippen LogP contribution in [0.4, 0.5) is 0 Å². The summed E-state index contributed by atoms with van der Waals surface area (Å²) in [5.41, 5.74) is 7.11. The summed E-state index contributed by atoms with van der Waals surface area (Å²) in [5, 5.41) is 5.62. The van der Waals surface area contributed by atoms with E-state index in [1.54, 1.807) is 5.38 Å². The van der Waals surface area contributed by atoms with Gasteiger partial charge in [-0.05, 0) is 17.9 Å². The van der Waals surface area contributed by atoms with Crippen LogP contribution >= 0.6 is 11.3 Å². The van der Waals surface area contributed by atoms with Crippen molar-refractivity contribution >= 4 is 17.2 Å². The fraction of sp³-hybridized carbons (Fsp3) is 0.375. The molecular weight excluding hydrogens is 282 g/mol. The fourth-order valence-electron chi connectivity index (χ4n) is 2.18. The molecule has 1 aromatic carbocycles. The van der Waals surface area contributed by atoms with Crippen LogP contribution in [0.5, 0.6) is 0 Å². The van der Waals surface area contributed by atoms with Gasteiger partial charge in [-0.15, -0.1) is 11.3 Å². The zero-order chi connectivity index (χ0) is 15.2. The van der Waals surface area contributed by atoms with E-state index < -0.39 is 0 Å². The molecule has 0 saturated carbocycles. The number of benzene rings is 1. The first-order valence-corrected chi connectivity index (χ1v) is 7.98. The number of nitrogens with two attached hydrogens (primary N) is 1. The maximum atomic E-state index is 12.3. The highest BCUT2D eigenvalue weighted by atomic mass is 32.1. The van der Waals surface area contributed by atoms with Crippen molar-refractivity contribution in [2.24, 2.45) is 11.7 Å². The van der Waals surface area contributed by atoms with Gasteiger partial charge in [0.25, 0.3) is 5.91 Å². The molecule has 0 aliphatic rings. The number of amides is 1. The average Bonchev–Trinajstić information content (AvgIpc) is 2.96. The van der Waals surface area contributed by atoms with Gasteiger partial charge in [0.1, 0.15) is 10.7 Å². The third kappa shape index (κ3) is 4.37. The first-order chi connectivity index (χ1) is 10.1. The largest absolute Gasteiger partial charge is 0.344 e. The lowest BCUT2D eigenvalue weighted by Gasteiger charge is -2.20. The van der Waals surface area contributed by atoms with Crippen LogP contribution in [0.25, 0.3) is 0 Å². The van der Waals surface area contributed by atoms with Gasteiger partial charge in [-0.3, -0.25) is 4.79 Å². The van der Waals surface area contributed by atoms with E-state index >= 15 is 0 Å². The van der Waals surface area contributed by atoms with E-state index in [2.05, 4.69) is 24.1 Å². The molecule has 1 aromatic heterocycles. The van der Waals surface area contributed by atoms with E-state index in [1.165, 1.54) is 11.3 Å². The van der Waals surface area contributed by atoms with Crippen LogP contribution in [0.2, 0.25) is 0 Å². The summed E-state index contributed by atoms with van der Waals surface area (Å²) < 4.78 is 0. The number of carbonyl (C=O) groups is 1. The molecule has 0 bridgehead atoms. The second-order valence-corrected chi connectivity index (χ2v) is 6.34. The number of aromatic nitrogens is 1. The van der Waals surface area contributed by atoms with Gasteiger partial charge in [0.2, 0.25) is 0 Å². The van der Waals surface area contributed by atoms with E-state index in [0.29, 0.717) is 18.2 Å². The van der Waals surface area contributed by atoms with Crippen molar-refractivity contribution in [3.8, 4) is 0 Å². The molecule has 0 aliphatic carbocycles. The second-order valence-electron chi connectivity index (χ2n) is 5.40. The highest BCUT2D eigenvalue weighted by molar-refractivity contribution is 7.09. The first kappa shape index (κ1) is 15.7. The number of hydrogen-bond acceptors (Lipinski definition) is 4. The molecular formula is C16H21N3OS. The van der Waals surface area contributed by atoms with E-state index in [0.717, 1.165) is 17.0 Å². The highest BCUT2D eigenvalue weighted by Crippen LogP contribution is 2.22. The van der Waals surface area contributed by atoms with E-state index in [1.807, 2.05) is 30.3 Å². The van der Waals surface area contributed by atoms with Crippen LogP contribution in [0, 0.1) is 5.92 Å². The van der Waals surface area contributed by atoms with Crippen molar-refractivity contribution in [2.75, 3.05) is 0 Å². The van der Waals surface area contributed by atoms with Gasteiger partial charge < -0.3 is 11.1 Å². The Morgan fingerprint density at radius 1 is 1.33 bits per heavy atom. The third-order valence-electron chi connectivity index (χ3n) is 3.17. The molecule has 3 N–H and O–H groups in total. The van der Waals surface area contributed by atoms with Gasteiger partial charge >= 0.3 is 0 Å². The maximum Gasteiger partial charge on any atom is 0.271 e. The van der Waals surface area contributed by atoms with Gasteiger partial charge in [-0.25, -0.2) is 4.98 Å². The Morgan fingerprint density at radius 2 is 2.05 bits per heavy atom. The SMILES string of the molecule is CC(C)CC(NC(=O)c1csc(CN)n1)c1ccccc1. The van der Waals surface area contributed by atoms with Gasteiger partial charge in [0, 0.05) is 11.9 Å². The Morgan fingerprint density at radius 3 is 2.62 bits per heavy atom. The molecule has 0 saturated heterocycles. The molecule has 21 heavy (non-hydrogen) atoms. The minimum absolute atomic E-state index is 0.00160. The van der Waals surface area contributed by atoms with Crippen molar-refractivity contribution in [2.45, 2.75) is 32.9 Å². The number of hydrogen-bond donors (Lipinski definition) is 2. The molecule has 1 amide bonds. The normalized spacial score (nSPS) is 12.4. The molecule has 0 spiro atoms. The first-order valence-electron chi connectivity index (χ1n) is 7.10. The Balaban J connectivity index is 2.13. The second kappa shape index (κ2) is 7.33. The lowest BCUT2D eigenvalue weighted by molar-refractivity contribution is 0.0927. The molecule has 2 rings (SSSR count). The molecule has 0 fully saturated rings. The minimum atomic E-state index is -0.138. The molecule has 112 valence electrons. The van der Waals surface area contributed by atoms with Crippen molar-refractivity contribution < 1.29 is 4.79 Å². The van der Waals surface area contributed by atoms with Gasteiger partial charge in [0.05, 0.1) is 6.04 Å². The molecule has 0 radical (unpaired) electrons. The molecule has 4 nitrogen and oxygen atoms in total. The number of nitrogens with zero attached hydrogens (tertiary/aromatic N) is 1. The Hall–Kier alpha value is -1.72. The van der Waals surface area contributed by atoms with Crippen LogP contribution in [-0.4, -0.2) is 10.9 Å². The summed E-state index contributed by atoms with van der Waals surface area (Å²) in [6, 6.07) is 10.0. The molecule has 5 heteroatoms. The smallest absolute Gasteiger partial charge is 0.271 e. The van der Waals surface area contributed by atoms with Gasteiger partial charge in [0.15, 0.2) is 0 Å². The van der Waals surface area contributed by atoms with Crippen molar-refractivity contribution in [3.05, 3.63) is 52.0 Å². The van der Waals surface area contributed by atoms with Crippen LogP contribution < -0.4 is 11.1 Å². The average molecular weight is 303 g/mol. The Kier molecular flexibility index (Phi) is 5.47. The maximum absolute atomic E-state index is 12.3. The zero-order valence-electron chi connectivity index (χ0n) is 12.4. The number of rotatable bonds is 6. The zero-order valence-corrected chi connectivity index (χ0v) is 13.2. The topological polar surface area (TPSA) is 68.0 Å². The van der Waals surface area contributed by atoms with E-state index in [4.69, 9.17) is 5.73 Å².